The Morgan fingerprint density at radius 3 is 2.69 bits per heavy atom. The monoisotopic (exact) mass is 363 g/mol. The van der Waals surface area contributed by atoms with Crippen LogP contribution >= 0.6 is 0 Å². The number of aryl methyl sites for hydroxylation is 1. The van der Waals surface area contributed by atoms with Crippen LogP contribution in [0.2, 0.25) is 0 Å². The van der Waals surface area contributed by atoms with Crippen molar-refractivity contribution >= 4 is 11.8 Å². The normalized spacial score (nSPS) is 20.0. The Hall–Kier alpha value is -1.96. The van der Waals surface area contributed by atoms with Gasteiger partial charge in [-0.25, -0.2) is 4.98 Å². The van der Waals surface area contributed by atoms with E-state index in [0.29, 0.717) is 32.4 Å². The third-order valence-electron chi connectivity index (χ3n) is 5.76. The van der Waals surface area contributed by atoms with Gasteiger partial charge in [0.15, 0.2) is 0 Å². The van der Waals surface area contributed by atoms with E-state index in [2.05, 4.69) is 10.1 Å². The second-order valence-electron chi connectivity index (χ2n) is 7.54. The lowest BCUT2D eigenvalue weighted by Gasteiger charge is -2.47. The van der Waals surface area contributed by atoms with Crippen LogP contribution in [0.3, 0.4) is 0 Å². The van der Waals surface area contributed by atoms with Crippen molar-refractivity contribution in [3.63, 3.8) is 0 Å². The van der Waals surface area contributed by atoms with E-state index in [1.54, 1.807) is 11.0 Å². The standard InChI is InChI=1S/C18H29N5O3/c24-12-2-8-22-13-18(5-4-17(22)26)6-10-21(11-7-18)16(25)3-1-9-23-15-19-14-20-23/h14-15,24H,1-13H2. The summed E-state index contributed by atoms with van der Waals surface area (Å²) in [7, 11) is 0. The Labute approximate surface area is 154 Å². The molecule has 0 radical (unpaired) electrons. The van der Waals surface area contributed by atoms with E-state index in [1.165, 1.54) is 6.33 Å². The maximum atomic E-state index is 12.4. The first-order valence-electron chi connectivity index (χ1n) is 9.61. The van der Waals surface area contributed by atoms with E-state index >= 15 is 0 Å². The number of hydrogen-bond acceptors (Lipinski definition) is 5. The summed E-state index contributed by atoms with van der Waals surface area (Å²) >= 11 is 0. The summed E-state index contributed by atoms with van der Waals surface area (Å²) in [6, 6.07) is 0. The predicted octanol–water partition coefficient (Wildman–Crippen LogP) is 0.672. The number of nitrogens with zero attached hydrogens (tertiary/aromatic N) is 5. The minimum absolute atomic E-state index is 0.119. The molecule has 3 heterocycles. The van der Waals surface area contributed by atoms with Crippen LogP contribution in [0.5, 0.6) is 0 Å². The van der Waals surface area contributed by atoms with Crippen LogP contribution in [-0.4, -0.2) is 74.3 Å². The van der Waals surface area contributed by atoms with Gasteiger partial charge in [0.1, 0.15) is 12.7 Å². The molecule has 0 saturated carbocycles. The van der Waals surface area contributed by atoms with Gasteiger partial charge in [-0.05, 0) is 37.5 Å². The SMILES string of the molecule is O=C(CCCn1cncn1)N1CCC2(CCC(=O)N(CCCO)C2)CC1. The van der Waals surface area contributed by atoms with Crippen molar-refractivity contribution in [3.8, 4) is 0 Å². The van der Waals surface area contributed by atoms with E-state index in [9.17, 15) is 9.59 Å². The second-order valence-corrected chi connectivity index (χ2v) is 7.54. The number of hydrogen-bond donors (Lipinski definition) is 1. The minimum Gasteiger partial charge on any atom is -0.396 e. The molecule has 0 aliphatic carbocycles. The summed E-state index contributed by atoms with van der Waals surface area (Å²) in [6.07, 6.45) is 8.56. The molecule has 0 unspecified atom stereocenters. The molecule has 1 aromatic heterocycles. The quantitative estimate of drug-likeness (QED) is 0.769. The molecule has 2 aliphatic heterocycles. The van der Waals surface area contributed by atoms with Crippen LogP contribution in [0, 0.1) is 5.41 Å². The average molecular weight is 363 g/mol. The van der Waals surface area contributed by atoms with Gasteiger partial charge in [0.2, 0.25) is 11.8 Å². The van der Waals surface area contributed by atoms with Gasteiger partial charge < -0.3 is 14.9 Å². The molecule has 3 rings (SSSR count). The highest BCUT2D eigenvalue weighted by atomic mass is 16.3. The minimum atomic E-state index is 0.119. The number of carbonyl (C=O) groups excluding carboxylic acids is 2. The molecule has 2 fully saturated rings. The van der Waals surface area contributed by atoms with Crippen LogP contribution < -0.4 is 0 Å². The highest BCUT2D eigenvalue weighted by Gasteiger charge is 2.41. The zero-order chi connectivity index (χ0) is 18.4. The predicted molar refractivity (Wildman–Crippen MR) is 95.0 cm³/mol. The Bertz CT molecular complexity index is 596. The van der Waals surface area contributed by atoms with Crippen LogP contribution in [-0.2, 0) is 16.1 Å². The zero-order valence-electron chi connectivity index (χ0n) is 15.3. The summed E-state index contributed by atoms with van der Waals surface area (Å²) in [5.41, 5.74) is 0.154. The lowest BCUT2D eigenvalue weighted by molar-refractivity contribution is -0.142. The Morgan fingerprint density at radius 2 is 2.00 bits per heavy atom. The molecule has 1 aromatic rings. The summed E-state index contributed by atoms with van der Waals surface area (Å²) in [6.45, 7) is 3.82. The molecule has 26 heavy (non-hydrogen) atoms. The molecule has 144 valence electrons. The summed E-state index contributed by atoms with van der Waals surface area (Å²) in [5, 5.41) is 13.1. The number of aromatic nitrogens is 3. The first kappa shape index (κ1) is 18.8. The van der Waals surface area contributed by atoms with Crippen molar-refractivity contribution in [1.82, 2.24) is 24.6 Å². The van der Waals surface area contributed by atoms with Crippen LogP contribution in [0.4, 0.5) is 0 Å². The smallest absolute Gasteiger partial charge is 0.222 e. The molecule has 2 saturated heterocycles. The van der Waals surface area contributed by atoms with Crippen molar-refractivity contribution < 1.29 is 14.7 Å². The highest BCUT2D eigenvalue weighted by molar-refractivity contribution is 5.77. The van der Waals surface area contributed by atoms with E-state index in [4.69, 9.17) is 5.11 Å². The van der Waals surface area contributed by atoms with Gasteiger partial charge in [0.25, 0.3) is 0 Å². The summed E-state index contributed by atoms with van der Waals surface area (Å²) in [4.78, 5) is 32.3. The van der Waals surface area contributed by atoms with Crippen LogP contribution in [0.25, 0.3) is 0 Å². The fourth-order valence-corrected chi connectivity index (χ4v) is 4.10. The molecule has 2 amide bonds. The topological polar surface area (TPSA) is 91.6 Å². The number of likely N-dealkylation sites (tertiary alicyclic amines) is 2. The van der Waals surface area contributed by atoms with Crippen molar-refractivity contribution in [1.29, 1.82) is 0 Å². The summed E-state index contributed by atoms with van der Waals surface area (Å²) in [5.74, 6) is 0.416. The number of aliphatic hydroxyl groups excluding tert-OH is 1. The van der Waals surface area contributed by atoms with Gasteiger partial charge in [-0.2, -0.15) is 5.10 Å². The van der Waals surface area contributed by atoms with Gasteiger partial charge in [-0.3, -0.25) is 14.3 Å². The highest BCUT2D eigenvalue weighted by Crippen LogP contribution is 2.40. The van der Waals surface area contributed by atoms with Gasteiger partial charge in [-0.1, -0.05) is 0 Å². The molecule has 0 bridgehead atoms. The van der Waals surface area contributed by atoms with E-state index in [1.807, 2.05) is 9.80 Å². The van der Waals surface area contributed by atoms with Gasteiger partial charge in [-0.15, -0.1) is 0 Å². The molecule has 1 spiro atoms. The zero-order valence-corrected chi connectivity index (χ0v) is 15.3. The fourth-order valence-electron chi connectivity index (χ4n) is 4.10. The Morgan fingerprint density at radius 1 is 1.19 bits per heavy atom. The van der Waals surface area contributed by atoms with Crippen LogP contribution in [0.1, 0.15) is 44.9 Å². The van der Waals surface area contributed by atoms with Crippen LogP contribution in [0.15, 0.2) is 12.7 Å². The van der Waals surface area contributed by atoms with Gasteiger partial charge >= 0.3 is 0 Å². The molecule has 8 heteroatoms. The number of amides is 2. The number of aliphatic hydroxyl groups is 1. The number of carbonyl (C=O) groups is 2. The molecule has 0 atom stereocenters. The third-order valence-corrected chi connectivity index (χ3v) is 5.76. The number of piperidine rings is 2. The molecular formula is C18H29N5O3. The Balaban J connectivity index is 1.44. The molecule has 0 aromatic carbocycles. The second kappa shape index (κ2) is 8.62. The van der Waals surface area contributed by atoms with E-state index < -0.39 is 0 Å². The first-order chi connectivity index (χ1) is 12.6. The van der Waals surface area contributed by atoms with Crippen molar-refractivity contribution in [2.75, 3.05) is 32.8 Å². The lowest BCUT2D eigenvalue weighted by Crippen LogP contribution is -2.52. The van der Waals surface area contributed by atoms with Crippen molar-refractivity contribution in [2.24, 2.45) is 5.41 Å². The third kappa shape index (κ3) is 4.60. The largest absolute Gasteiger partial charge is 0.396 e. The number of rotatable bonds is 7. The summed E-state index contributed by atoms with van der Waals surface area (Å²) < 4.78 is 1.75. The Kier molecular flexibility index (Phi) is 6.24. The first-order valence-corrected chi connectivity index (χ1v) is 9.61. The maximum Gasteiger partial charge on any atom is 0.222 e. The van der Waals surface area contributed by atoms with Gasteiger partial charge in [0, 0.05) is 52.2 Å². The molecule has 8 nitrogen and oxygen atoms in total. The van der Waals surface area contributed by atoms with Crippen molar-refractivity contribution in [2.45, 2.75) is 51.5 Å². The molecular weight excluding hydrogens is 334 g/mol. The molecule has 2 aliphatic rings. The van der Waals surface area contributed by atoms with E-state index in [-0.39, 0.29) is 23.8 Å². The fraction of sp³-hybridized carbons (Fsp3) is 0.778. The average Bonchev–Trinajstić information content (AvgIpc) is 3.17. The maximum absolute atomic E-state index is 12.4. The van der Waals surface area contributed by atoms with Crippen molar-refractivity contribution in [3.05, 3.63) is 12.7 Å². The lowest BCUT2D eigenvalue weighted by atomic mass is 9.72. The molecule has 1 N–H and O–H groups in total. The van der Waals surface area contributed by atoms with E-state index in [0.717, 1.165) is 45.3 Å². The van der Waals surface area contributed by atoms with Gasteiger partial charge in [0.05, 0.1) is 0 Å².